The van der Waals surface area contributed by atoms with Crippen LogP contribution in [0.2, 0.25) is 0 Å². The van der Waals surface area contributed by atoms with E-state index >= 15 is 0 Å². The average Bonchev–Trinajstić information content (AvgIpc) is 3.10. The van der Waals surface area contributed by atoms with E-state index in [1.807, 2.05) is 45.0 Å². The lowest BCUT2D eigenvalue weighted by molar-refractivity contribution is -0.121. The molecule has 0 bridgehead atoms. The Bertz CT molecular complexity index is 807. The summed E-state index contributed by atoms with van der Waals surface area (Å²) in [5.41, 5.74) is 1.90. The quantitative estimate of drug-likeness (QED) is 0.849. The van der Waals surface area contributed by atoms with Crippen LogP contribution in [-0.4, -0.2) is 41.9 Å². The third-order valence-corrected chi connectivity index (χ3v) is 5.16. The molecule has 3 rings (SSSR count). The maximum Gasteiger partial charge on any atom is 0.287 e. The van der Waals surface area contributed by atoms with Gasteiger partial charge in [0.2, 0.25) is 5.91 Å². The first-order valence-electron chi connectivity index (χ1n) is 9.42. The number of anilines is 1. The van der Waals surface area contributed by atoms with Crippen molar-refractivity contribution in [3.8, 4) is 0 Å². The summed E-state index contributed by atoms with van der Waals surface area (Å²) in [6, 6.07) is 11.1. The highest BCUT2D eigenvalue weighted by Crippen LogP contribution is 2.18. The molecule has 0 aliphatic carbocycles. The van der Waals surface area contributed by atoms with Gasteiger partial charge >= 0.3 is 0 Å². The summed E-state index contributed by atoms with van der Waals surface area (Å²) >= 11 is 0. The third kappa shape index (κ3) is 4.77. The van der Waals surface area contributed by atoms with Gasteiger partial charge in [-0.3, -0.25) is 14.5 Å². The minimum Gasteiger partial charge on any atom is -0.456 e. The number of hydrogen-bond acceptors (Lipinski definition) is 4. The van der Waals surface area contributed by atoms with Crippen molar-refractivity contribution in [3.05, 3.63) is 53.5 Å². The van der Waals surface area contributed by atoms with E-state index in [2.05, 4.69) is 15.5 Å². The number of aryl methyl sites for hydroxylation is 2. The second-order valence-corrected chi connectivity index (χ2v) is 7.17. The van der Waals surface area contributed by atoms with E-state index in [0.29, 0.717) is 5.76 Å². The molecule has 1 fully saturated rings. The number of para-hydroxylation sites is 1. The van der Waals surface area contributed by atoms with Gasteiger partial charge in [-0.25, -0.2) is 0 Å². The minimum atomic E-state index is -0.214. The SMILES string of the molecule is Cc1ccc(C(=O)NC2CCN(C(C)C(=O)Nc3ccccc3C)CC2)o1. The summed E-state index contributed by atoms with van der Waals surface area (Å²) in [6.07, 6.45) is 1.63. The van der Waals surface area contributed by atoms with Gasteiger partial charge in [0.25, 0.3) is 5.91 Å². The molecule has 144 valence electrons. The zero-order valence-corrected chi connectivity index (χ0v) is 16.1. The van der Waals surface area contributed by atoms with Gasteiger partial charge in [0, 0.05) is 24.8 Å². The van der Waals surface area contributed by atoms with E-state index in [1.165, 1.54) is 0 Å². The number of nitrogens with zero attached hydrogens (tertiary/aromatic N) is 1. The number of piperidine rings is 1. The number of furan rings is 1. The standard InChI is InChI=1S/C21H27N3O3/c1-14-6-4-5-7-18(14)23-20(25)16(3)24-12-10-17(11-13-24)22-21(26)19-9-8-15(2)27-19/h4-9,16-17H,10-13H2,1-3H3,(H,22,26)(H,23,25). The van der Waals surface area contributed by atoms with Crippen LogP contribution in [0.1, 0.15) is 41.6 Å². The Kier molecular flexibility index (Phi) is 5.96. The molecule has 1 aliphatic heterocycles. The lowest BCUT2D eigenvalue weighted by Gasteiger charge is -2.35. The molecule has 1 unspecified atom stereocenters. The van der Waals surface area contributed by atoms with Crippen LogP contribution in [0, 0.1) is 13.8 Å². The molecule has 2 N–H and O–H groups in total. The Labute approximate surface area is 159 Å². The van der Waals surface area contributed by atoms with Gasteiger partial charge in [0.15, 0.2) is 5.76 Å². The van der Waals surface area contributed by atoms with Gasteiger partial charge in [0.1, 0.15) is 5.76 Å². The fraction of sp³-hybridized carbons (Fsp3) is 0.429. The van der Waals surface area contributed by atoms with Crippen LogP contribution in [0.4, 0.5) is 5.69 Å². The van der Waals surface area contributed by atoms with Crippen molar-refractivity contribution in [1.29, 1.82) is 0 Å². The highest BCUT2D eigenvalue weighted by Gasteiger charge is 2.28. The number of benzene rings is 1. The number of rotatable bonds is 5. The molecule has 2 heterocycles. The van der Waals surface area contributed by atoms with Crippen molar-refractivity contribution >= 4 is 17.5 Å². The van der Waals surface area contributed by atoms with E-state index in [0.717, 1.165) is 42.9 Å². The molecule has 1 aromatic heterocycles. The Morgan fingerprint density at radius 2 is 1.81 bits per heavy atom. The molecule has 0 radical (unpaired) electrons. The second kappa shape index (κ2) is 8.39. The van der Waals surface area contributed by atoms with Gasteiger partial charge in [-0.05, 0) is 57.4 Å². The first-order valence-corrected chi connectivity index (χ1v) is 9.42. The number of carbonyl (C=O) groups excluding carboxylic acids is 2. The molecular weight excluding hydrogens is 342 g/mol. The first-order chi connectivity index (χ1) is 12.9. The van der Waals surface area contributed by atoms with Crippen molar-refractivity contribution in [2.24, 2.45) is 0 Å². The normalized spacial score (nSPS) is 16.7. The molecule has 2 amide bonds. The number of nitrogens with one attached hydrogen (secondary N) is 2. The molecule has 0 saturated carbocycles. The van der Waals surface area contributed by atoms with E-state index in [-0.39, 0.29) is 23.9 Å². The molecule has 1 atom stereocenters. The third-order valence-electron chi connectivity index (χ3n) is 5.16. The zero-order valence-electron chi connectivity index (χ0n) is 16.1. The molecule has 6 nitrogen and oxygen atoms in total. The fourth-order valence-corrected chi connectivity index (χ4v) is 3.36. The number of carbonyl (C=O) groups is 2. The molecule has 1 aromatic carbocycles. The smallest absolute Gasteiger partial charge is 0.287 e. The maximum absolute atomic E-state index is 12.6. The van der Waals surface area contributed by atoms with Gasteiger partial charge in [0.05, 0.1) is 6.04 Å². The summed E-state index contributed by atoms with van der Waals surface area (Å²) in [5, 5.41) is 6.04. The van der Waals surface area contributed by atoms with Crippen LogP contribution >= 0.6 is 0 Å². The van der Waals surface area contributed by atoms with Crippen molar-refractivity contribution < 1.29 is 14.0 Å². The zero-order chi connectivity index (χ0) is 19.4. The molecule has 6 heteroatoms. The Hall–Kier alpha value is -2.60. The number of amides is 2. The highest BCUT2D eigenvalue weighted by molar-refractivity contribution is 5.95. The molecule has 1 saturated heterocycles. The average molecular weight is 369 g/mol. The van der Waals surface area contributed by atoms with Crippen LogP contribution in [-0.2, 0) is 4.79 Å². The Morgan fingerprint density at radius 1 is 1.11 bits per heavy atom. The van der Waals surface area contributed by atoms with E-state index < -0.39 is 0 Å². The molecular formula is C21H27N3O3. The topological polar surface area (TPSA) is 74.6 Å². The van der Waals surface area contributed by atoms with Crippen LogP contribution in [0.3, 0.4) is 0 Å². The van der Waals surface area contributed by atoms with Gasteiger partial charge in [-0.15, -0.1) is 0 Å². The van der Waals surface area contributed by atoms with Crippen molar-refractivity contribution in [2.75, 3.05) is 18.4 Å². The van der Waals surface area contributed by atoms with Crippen LogP contribution in [0.5, 0.6) is 0 Å². The predicted molar refractivity (Wildman–Crippen MR) is 105 cm³/mol. The van der Waals surface area contributed by atoms with Crippen molar-refractivity contribution in [3.63, 3.8) is 0 Å². The summed E-state index contributed by atoms with van der Waals surface area (Å²) in [5.74, 6) is 0.897. The molecule has 2 aromatic rings. The summed E-state index contributed by atoms with van der Waals surface area (Å²) in [6.45, 7) is 7.26. The summed E-state index contributed by atoms with van der Waals surface area (Å²) in [4.78, 5) is 26.9. The Balaban J connectivity index is 1.48. The second-order valence-electron chi connectivity index (χ2n) is 7.17. The highest BCUT2D eigenvalue weighted by atomic mass is 16.3. The lowest BCUT2D eigenvalue weighted by Crippen LogP contribution is -2.50. The van der Waals surface area contributed by atoms with Gasteiger partial charge in [-0.2, -0.15) is 0 Å². The van der Waals surface area contributed by atoms with E-state index in [9.17, 15) is 9.59 Å². The maximum atomic E-state index is 12.6. The van der Waals surface area contributed by atoms with Crippen LogP contribution < -0.4 is 10.6 Å². The summed E-state index contributed by atoms with van der Waals surface area (Å²) < 4.78 is 5.37. The number of likely N-dealkylation sites (tertiary alicyclic amines) is 1. The monoisotopic (exact) mass is 369 g/mol. The van der Waals surface area contributed by atoms with E-state index in [1.54, 1.807) is 12.1 Å². The van der Waals surface area contributed by atoms with Crippen LogP contribution in [0.25, 0.3) is 0 Å². The Morgan fingerprint density at radius 3 is 2.44 bits per heavy atom. The molecule has 0 spiro atoms. The first kappa shape index (κ1) is 19.2. The molecule has 1 aliphatic rings. The van der Waals surface area contributed by atoms with Crippen molar-refractivity contribution in [1.82, 2.24) is 10.2 Å². The van der Waals surface area contributed by atoms with Gasteiger partial charge in [-0.1, -0.05) is 18.2 Å². The fourth-order valence-electron chi connectivity index (χ4n) is 3.36. The van der Waals surface area contributed by atoms with E-state index in [4.69, 9.17) is 4.42 Å². The van der Waals surface area contributed by atoms with Crippen LogP contribution in [0.15, 0.2) is 40.8 Å². The van der Waals surface area contributed by atoms with Gasteiger partial charge < -0.3 is 15.1 Å². The largest absolute Gasteiger partial charge is 0.456 e. The predicted octanol–water partition coefficient (Wildman–Crippen LogP) is 3.12. The summed E-state index contributed by atoms with van der Waals surface area (Å²) in [7, 11) is 0. The number of hydrogen-bond donors (Lipinski definition) is 2. The molecule has 27 heavy (non-hydrogen) atoms. The van der Waals surface area contributed by atoms with Crippen molar-refractivity contribution in [2.45, 2.75) is 45.7 Å². The lowest BCUT2D eigenvalue weighted by atomic mass is 10.0. The minimum absolute atomic E-state index is 0.00199.